The number of hydrogen-bond acceptors (Lipinski definition) is 4. The number of ether oxygens (including phenoxy) is 1. The zero-order valence-electron chi connectivity index (χ0n) is 16.2. The lowest BCUT2D eigenvalue weighted by atomic mass is 9.86. The molecule has 1 heterocycles. The number of benzene rings is 2. The van der Waals surface area contributed by atoms with Crippen LogP contribution < -0.4 is 5.01 Å². The molecule has 0 fully saturated rings. The van der Waals surface area contributed by atoms with Gasteiger partial charge in [0, 0.05) is 6.42 Å². The van der Waals surface area contributed by atoms with Crippen molar-refractivity contribution in [2.45, 2.75) is 46.6 Å². The molecule has 0 bridgehead atoms. The first-order valence-electron chi connectivity index (χ1n) is 9.04. The van der Waals surface area contributed by atoms with Crippen molar-refractivity contribution in [1.29, 1.82) is 0 Å². The molecule has 0 saturated carbocycles. The molecular weight excluding hydrogens is 324 g/mol. The Morgan fingerprint density at radius 2 is 1.77 bits per heavy atom. The first kappa shape index (κ1) is 18.2. The molecular formula is C22H26N2O2. The highest BCUT2D eigenvalue weighted by molar-refractivity contribution is 6.37. The first-order chi connectivity index (χ1) is 12.3. The van der Waals surface area contributed by atoms with Gasteiger partial charge in [0.15, 0.2) is 0 Å². The summed E-state index contributed by atoms with van der Waals surface area (Å²) in [6, 6.07) is 14.7. The van der Waals surface area contributed by atoms with E-state index in [4.69, 9.17) is 9.84 Å². The molecule has 1 aliphatic rings. The maximum atomic E-state index is 12.4. The number of rotatable bonds is 4. The Kier molecular flexibility index (Phi) is 4.86. The van der Waals surface area contributed by atoms with Gasteiger partial charge in [0.2, 0.25) is 0 Å². The number of anilines is 1. The number of carbonyl (C=O) groups is 1. The average molecular weight is 350 g/mol. The summed E-state index contributed by atoms with van der Waals surface area (Å²) in [6.45, 7) is 10.5. The van der Waals surface area contributed by atoms with Crippen LogP contribution in [0.2, 0.25) is 0 Å². The fourth-order valence-electron chi connectivity index (χ4n) is 3.49. The second kappa shape index (κ2) is 6.94. The largest absolute Gasteiger partial charge is 0.461 e. The van der Waals surface area contributed by atoms with Gasteiger partial charge in [-0.3, -0.25) is 5.01 Å². The number of hydrogen-bond donors (Lipinski definition) is 0. The minimum absolute atomic E-state index is 0.335. The lowest BCUT2D eigenvalue weighted by Crippen LogP contribution is -2.37. The van der Waals surface area contributed by atoms with Crippen LogP contribution in [0.25, 0.3) is 0 Å². The summed E-state index contributed by atoms with van der Waals surface area (Å²) in [5.41, 5.74) is 5.73. The van der Waals surface area contributed by atoms with Gasteiger partial charge in [-0.15, -0.1) is 0 Å². The Morgan fingerprint density at radius 1 is 1.12 bits per heavy atom. The van der Waals surface area contributed by atoms with E-state index in [1.807, 2.05) is 11.9 Å². The molecule has 1 aliphatic heterocycles. The Balaban J connectivity index is 2.10. The molecule has 2 aromatic rings. The molecule has 2 aromatic carbocycles. The third-order valence-corrected chi connectivity index (χ3v) is 4.96. The van der Waals surface area contributed by atoms with Crippen molar-refractivity contribution in [3.05, 3.63) is 64.7 Å². The lowest BCUT2D eigenvalue weighted by molar-refractivity contribution is -0.135. The number of carbonyl (C=O) groups excluding carboxylic acids is 1. The predicted molar refractivity (Wildman–Crippen MR) is 106 cm³/mol. The first-order valence-corrected chi connectivity index (χ1v) is 9.04. The molecule has 0 saturated heterocycles. The molecule has 0 spiro atoms. The summed E-state index contributed by atoms with van der Waals surface area (Å²) < 4.78 is 5.21. The van der Waals surface area contributed by atoms with Gasteiger partial charge in [-0.1, -0.05) is 47.5 Å². The highest BCUT2D eigenvalue weighted by Crippen LogP contribution is 2.42. The van der Waals surface area contributed by atoms with E-state index in [1.165, 1.54) is 11.1 Å². The van der Waals surface area contributed by atoms with Crippen LogP contribution in [0.1, 0.15) is 42.5 Å². The van der Waals surface area contributed by atoms with Crippen LogP contribution >= 0.6 is 0 Å². The van der Waals surface area contributed by atoms with E-state index in [0.29, 0.717) is 18.7 Å². The third-order valence-electron chi connectivity index (χ3n) is 4.96. The number of nitrogens with zero attached hydrogens (tertiary/aromatic N) is 2. The Hall–Kier alpha value is -2.62. The molecule has 26 heavy (non-hydrogen) atoms. The summed E-state index contributed by atoms with van der Waals surface area (Å²) in [5.74, 6) is -0.335. The van der Waals surface area contributed by atoms with Gasteiger partial charge in [-0.25, -0.2) is 4.79 Å². The molecule has 0 amide bonds. The van der Waals surface area contributed by atoms with Crippen LogP contribution in [-0.2, 0) is 15.1 Å². The maximum Gasteiger partial charge on any atom is 0.354 e. The molecule has 0 radical (unpaired) electrons. The van der Waals surface area contributed by atoms with Crippen LogP contribution in [0.3, 0.4) is 0 Å². The van der Waals surface area contributed by atoms with E-state index in [-0.39, 0.29) is 5.97 Å². The van der Waals surface area contributed by atoms with Crippen molar-refractivity contribution >= 4 is 17.4 Å². The molecule has 0 aliphatic carbocycles. The van der Waals surface area contributed by atoms with Crippen molar-refractivity contribution in [2.75, 3.05) is 11.6 Å². The lowest BCUT2D eigenvalue weighted by Gasteiger charge is -2.35. The van der Waals surface area contributed by atoms with Crippen LogP contribution in [0.5, 0.6) is 0 Å². The van der Waals surface area contributed by atoms with E-state index in [9.17, 15) is 4.79 Å². The van der Waals surface area contributed by atoms with Gasteiger partial charge in [-0.2, -0.15) is 5.10 Å². The topological polar surface area (TPSA) is 41.9 Å². The minimum Gasteiger partial charge on any atom is -0.461 e. The van der Waals surface area contributed by atoms with E-state index in [0.717, 1.165) is 16.8 Å². The normalized spacial score (nSPS) is 19.4. The smallest absolute Gasteiger partial charge is 0.354 e. The van der Waals surface area contributed by atoms with Crippen LogP contribution in [-0.4, -0.2) is 18.3 Å². The molecule has 136 valence electrons. The van der Waals surface area contributed by atoms with Crippen LogP contribution in [0.4, 0.5) is 5.69 Å². The van der Waals surface area contributed by atoms with Crippen molar-refractivity contribution in [3.63, 3.8) is 0 Å². The number of esters is 1. The van der Waals surface area contributed by atoms with Crippen molar-refractivity contribution in [2.24, 2.45) is 5.10 Å². The average Bonchev–Trinajstić information content (AvgIpc) is 2.94. The van der Waals surface area contributed by atoms with Crippen molar-refractivity contribution < 1.29 is 9.53 Å². The molecule has 1 atom stereocenters. The summed E-state index contributed by atoms with van der Waals surface area (Å²) in [6.07, 6.45) is 0.516. The molecule has 4 heteroatoms. The van der Waals surface area contributed by atoms with Crippen molar-refractivity contribution in [1.82, 2.24) is 0 Å². The van der Waals surface area contributed by atoms with Gasteiger partial charge >= 0.3 is 5.97 Å². The van der Waals surface area contributed by atoms with E-state index < -0.39 is 5.54 Å². The second-order valence-corrected chi connectivity index (χ2v) is 7.19. The zero-order chi connectivity index (χ0) is 18.9. The Morgan fingerprint density at radius 3 is 2.38 bits per heavy atom. The second-order valence-electron chi connectivity index (χ2n) is 7.19. The number of aryl methyl sites for hydroxylation is 3. The van der Waals surface area contributed by atoms with E-state index in [2.05, 4.69) is 70.2 Å². The van der Waals surface area contributed by atoms with E-state index in [1.54, 1.807) is 0 Å². The summed E-state index contributed by atoms with van der Waals surface area (Å²) >= 11 is 0. The van der Waals surface area contributed by atoms with Crippen molar-refractivity contribution in [3.8, 4) is 0 Å². The number of hydrazone groups is 1. The summed E-state index contributed by atoms with van der Waals surface area (Å²) in [4.78, 5) is 12.4. The fourth-order valence-corrected chi connectivity index (χ4v) is 3.49. The minimum atomic E-state index is -0.435. The molecule has 3 rings (SSSR count). The van der Waals surface area contributed by atoms with E-state index >= 15 is 0 Å². The third kappa shape index (κ3) is 3.24. The quantitative estimate of drug-likeness (QED) is 0.753. The van der Waals surface area contributed by atoms with Gasteiger partial charge < -0.3 is 4.74 Å². The van der Waals surface area contributed by atoms with Gasteiger partial charge in [0.1, 0.15) is 5.71 Å². The highest BCUT2D eigenvalue weighted by Gasteiger charge is 2.43. The van der Waals surface area contributed by atoms with Gasteiger partial charge in [0.25, 0.3) is 0 Å². The standard InChI is InChI=1S/C22H26N2O2/c1-6-26-21(25)19-14-22(5,18-10-7-15(2)8-11-18)24(23-19)20-12-9-16(3)13-17(20)4/h7-13H,6,14H2,1-5H3. The molecule has 0 aromatic heterocycles. The fraction of sp³-hybridized carbons (Fsp3) is 0.364. The molecule has 1 unspecified atom stereocenters. The van der Waals surface area contributed by atoms with Crippen LogP contribution in [0.15, 0.2) is 47.6 Å². The van der Waals surface area contributed by atoms with Gasteiger partial charge in [0.05, 0.1) is 17.8 Å². The van der Waals surface area contributed by atoms with Crippen LogP contribution in [0, 0.1) is 20.8 Å². The summed E-state index contributed by atoms with van der Waals surface area (Å²) in [5, 5.41) is 6.68. The Bertz CT molecular complexity index is 855. The summed E-state index contributed by atoms with van der Waals surface area (Å²) in [7, 11) is 0. The molecule has 4 nitrogen and oxygen atoms in total. The molecule has 0 N–H and O–H groups in total. The van der Waals surface area contributed by atoms with Gasteiger partial charge in [-0.05, 0) is 51.8 Å². The highest BCUT2D eigenvalue weighted by atomic mass is 16.5. The zero-order valence-corrected chi connectivity index (χ0v) is 16.2. The SMILES string of the molecule is CCOC(=O)C1=NN(c2ccc(C)cc2C)C(C)(c2ccc(C)cc2)C1. The maximum absolute atomic E-state index is 12.4. The predicted octanol–water partition coefficient (Wildman–Crippen LogP) is 4.66. The Labute approximate surface area is 155 Å². The monoisotopic (exact) mass is 350 g/mol.